The molecule has 0 saturated carbocycles. The van der Waals surface area contributed by atoms with E-state index in [4.69, 9.17) is 23.2 Å². The summed E-state index contributed by atoms with van der Waals surface area (Å²) in [4.78, 5) is 4.16. The number of benzene rings is 1. The molecule has 0 saturated heterocycles. The molecule has 18 heavy (non-hydrogen) atoms. The van der Waals surface area contributed by atoms with Crippen molar-refractivity contribution in [1.29, 1.82) is 0 Å². The standard InChI is InChI=1S/C13H15Cl2N3/c1-16-7-12-8-17-9-18(12)5-4-10-2-3-11(14)6-13(10)15/h2-3,6,8-9,16H,4-5,7H2,1H3. The molecule has 1 aromatic heterocycles. The SMILES string of the molecule is CNCc1cncn1CCc1ccc(Cl)cc1Cl. The van der Waals surface area contributed by atoms with Crippen molar-refractivity contribution in [2.24, 2.45) is 0 Å². The summed E-state index contributed by atoms with van der Waals surface area (Å²) in [6, 6.07) is 5.62. The van der Waals surface area contributed by atoms with Gasteiger partial charge in [0.1, 0.15) is 0 Å². The van der Waals surface area contributed by atoms with Crippen LogP contribution in [0.1, 0.15) is 11.3 Å². The van der Waals surface area contributed by atoms with Gasteiger partial charge < -0.3 is 9.88 Å². The Morgan fingerprint density at radius 3 is 2.89 bits per heavy atom. The minimum atomic E-state index is 0.669. The van der Waals surface area contributed by atoms with Gasteiger partial charge in [-0.1, -0.05) is 29.3 Å². The van der Waals surface area contributed by atoms with Crippen LogP contribution >= 0.6 is 23.2 Å². The molecule has 1 aromatic carbocycles. The lowest BCUT2D eigenvalue weighted by atomic mass is 10.1. The molecule has 2 rings (SSSR count). The second-order valence-corrected chi connectivity index (χ2v) is 4.94. The Morgan fingerprint density at radius 2 is 2.17 bits per heavy atom. The van der Waals surface area contributed by atoms with Crippen molar-refractivity contribution in [1.82, 2.24) is 14.9 Å². The fourth-order valence-corrected chi connectivity index (χ4v) is 2.35. The number of nitrogens with zero attached hydrogens (tertiary/aromatic N) is 2. The zero-order valence-corrected chi connectivity index (χ0v) is 11.7. The number of hydrogen-bond donors (Lipinski definition) is 1. The Hall–Kier alpha value is -1.03. The predicted molar refractivity (Wildman–Crippen MR) is 75.2 cm³/mol. The van der Waals surface area contributed by atoms with Crippen molar-refractivity contribution in [3.8, 4) is 0 Å². The first-order valence-corrected chi connectivity index (χ1v) is 6.54. The number of aromatic nitrogens is 2. The molecule has 0 atom stereocenters. The highest BCUT2D eigenvalue weighted by atomic mass is 35.5. The third-order valence-corrected chi connectivity index (χ3v) is 3.38. The molecular formula is C13H15Cl2N3. The lowest BCUT2D eigenvalue weighted by Gasteiger charge is -2.09. The Kier molecular flexibility index (Phi) is 4.64. The first-order chi connectivity index (χ1) is 8.70. The van der Waals surface area contributed by atoms with E-state index >= 15 is 0 Å². The molecule has 0 amide bonds. The Balaban J connectivity index is 2.04. The van der Waals surface area contributed by atoms with Crippen molar-refractivity contribution >= 4 is 23.2 Å². The maximum atomic E-state index is 6.15. The van der Waals surface area contributed by atoms with Gasteiger partial charge in [-0.25, -0.2) is 4.98 Å². The van der Waals surface area contributed by atoms with Crippen molar-refractivity contribution < 1.29 is 0 Å². The first-order valence-electron chi connectivity index (χ1n) is 5.78. The largest absolute Gasteiger partial charge is 0.333 e. The van der Waals surface area contributed by atoms with Crippen LogP contribution in [-0.4, -0.2) is 16.6 Å². The fourth-order valence-electron chi connectivity index (χ4n) is 1.84. The van der Waals surface area contributed by atoms with Crippen LogP contribution in [0.4, 0.5) is 0 Å². The van der Waals surface area contributed by atoms with E-state index in [1.54, 1.807) is 6.07 Å². The van der Waals surface area contributed by atoms with Gasteiger partial charge in [0.25, 0.3) is 0 Å². The van der Waals surface area contributed by atoms with E-state index in [0.29, 0.717) is 5.02 Å². The molecular weight excluding hydrogens is 269 g/mol. The molecule has 0 aliphatic heterocycles. The van der Waals surface area contributed by atoms with E-state index in [2.05, 4.69) is 14.9 Å². The van der Waals surface area contributed by atoms with Crippen LogP contribution < -0.4 is 5.32 Å². The monoisotopic (exact) mass is 283 g/mol. The van der Waals surface area contributed by atoms with Gasteiger partial charge in [-0.05, 0) is 31.2 Å². The lowest BCUT2D eigenvalue weighted by Crippen LogP contribution is -2.11. The van der Waals surface area contributed by atoms with Crippen LogP contribution in [0.25, 0.3) is 0 Å². The summed E-state index contributed by atoms with van der Waals surface area (Å²) < 4.78 is 2.13. The number of hydrogen-bond acceptors (Lipinski definition) is 2. The first kappa shape index (κ1) is 13.4. The number of rotatable bonds is 5. The highest BCUT2D eigenvalue weighted by Crippen LogP contribution is 2.21. The average molecular weight is 284 g/mol. The van der Waals surface area contributed by atoms with Crippen molar-refractivity contribution in [2.75, 3.05) is 7.05 Å². The summed E-state index contributed by atoms with van der Waals surface area (Å²) in [5, 5.41) is 4.51. The summed E-state index contributed by atoms with van der Waals surface area (Å²) in [5.74, 6) is 0. The molecule has 1 heterocycles. The zero-order chi connectivity index (χ0) is 13.0. The van der Waals surface area contributed by atoms with E-state index in [9.17, 15) is 0 Å². The average Bonchev–Trinajstić information content (AvgIpc) is 2.76. The maximum Gasteiger partial charge on any atom is 0.0948 e. The Morgan fingerprint density at radius 1 is 1.33 bits per heavy atom. The van der Waals surface area contributed by atoms with Crippen molar-refractivity contribution in [2.45, 2.75) is 19.5 Å². The van der Waals surface area contributed by atoms with Gasteiger partial charge in [0.15, 0.2) is 0 Å². The van der Waals surface area contributed by atoms with Crippen molar-refractivity contribution in [3.05, 3.63) is 52.0 Å². The van der Waals surface area contributed by atoms with Gasteiger partial charge in [-0.3, -0.25) is 0 Å². The van der Waals surface area contributed by atoms with Gasteiger partial charge >= 0.3 is 0 Å². The number of halogens is 2. The highest BCUT2D eigenvalue weighted by molar-refractivity contribution is 6.35. The van der Waals surface area contributed by atoms with Gasteiger partial charge in [-0.2, -0.15) is 0 Å². The summed E-state index contributed by atoms with van der Waals surface area (Å²) in [6.45, 7) is 1.67. The van der Waals surface area contributed by atoms with E-state index in [0.717, 1.165) is 30.1 Å². The minimum absolute atomic E-state index is 0.669. The molecule has 3 nitrogen and oxygen atoms in total. The van der Waals surface area contributed by atoms with Gasteiger partial charge in [-0.15, -0.1) is 0 Å². The quantitative estimate of drug-likeness (QED) is 0.914. The number of aryl methyl sites for hydroxylation is 2. The summed E-state index contributed by atoms with van der Waals surface area (Å²) in [6.07, 6.45) is 4.58. The van der Waals surface area contributed by atoms with Crippen LogP contribution in [0.3, 0.4) is 0 Å². The summed E-state index contributed by atoms with van der Waals surface area (Å²) >= 11 is 12.0. The molecule has 5 heteroatoms. The molecule has 1 N–H and O–H groups in total. The second kappa shape index (κ2) is 6.23. The molecule has 96 valence electrons. The van der Waals surface area contributed by atoms with Gasteiger partial charge in [0.2, 0.25) is 0 Å². The van der Waals surface area contributed by atoms with E-state index < -0.39 is 0 Å². The molecule has 0 spiro atoms. The summed E-state index contributed by atoms with van der Waals surface area (Å²) in [7, 11) is 1.92. The van der Waals surface area contributed by atoms with Gasteiger partial charge in [0.05, 0.1) is 12.0 Å². The van der Waals surface area contributed by atoms with Crippen LogP contribution in [-0.2, 0) is 19.5 Å². The van der Waals surface area contributed by atoms with Gasteiger partial charge in [0, 0.05) is 29.3 Å². The van der Waals surface area contributed by atoms with E-state index in [-0.39, 0.29) is 0 Å². The van der Waals surface area contributed by atoms with Crippen LogP contribution in [0.2, 0.25) is 10.0 Å². The highest BCUT2D eigenvalue weighted by Gasteiger charge is 2.04. The Labute approximate surface area is 117 Å². The maximum absolute atomic E-state index is 6.15. The molecule has 0 unspecified atom stereocenters. The fraction of sp³-hybridized carbons (Fsp3) is 0.308. The second-order valence-electron chi connectivity index (χ2n) is 4.09. The van der Waals surface area contributed by atoms with E-state index in [1.165, 1.54) is 5.69 Å². The van der Waals surface area contributed by atoms with Crippen LogP contribution in [0.5, 0.6) is 0 Å². The third kappa shape index (κ3) is 3.25. The van der Waals surface area contributed by atoms with Crippen molar-refractivity contribution in [3.63, 3.8) is 0 Å². The predicted octanol–water partition coefficient (Wildman–Crippen LogP) is 3.15. The lowest BCUT2D eigenvalue weighted by molar-refractivity contribution is 0.638. The molecule has 0 radical (unpaired) electrons. The molecule has 0 aliphatic rings. The van der Waals surface area contributed by atoms with Crippen LogP contribution in [0, 0.1) is 0 Å². The summed E-state index contributed by atoms with van der Waals surface area (Å²) in [5.41, 5.74) is 2.27. The normalized spacial score (nSPS) is 10.8. The molecule has 0 bridgehead atoms. The topological polar surface area (TPSA) is 29.9 Å². The third-order valence-electron chi connectivity index (χ3n) is 2.79. The number of nitrogens with one attached hydrogen (secondary N) is 1. The smallest absolute Gasteiger partial charge is 0.0948 e. The molecule has 0 aliphatic carbocycles. The van der Waals surface area contributed by atoms with E-state index in [1.807, 2.05) is 31.7 Å². The Bertz CT molecular complexity index is 523. The zero-order valence-electron chi connectivity index (χ0n) is 10.2. The molecule has 0 fully saturated rings. The minimum Gasteiger partial charge on any atom is -0.333 e. The molecule has 2 aromatic rings. The number of imidazole rings is 1. The van der Waals surface area contributed by atoms with Crippen LogP contribution in [0.15, 0.2) is 30.7 Å².